The van der Waals surface area contributed by atoms with Gasteiger partial charge in [0.05, 0.1) is 0 Å². The first-order chi connectivity index (χ1) is 5.83. The van der Waals surface area contributed by atoms with Crippen molar-refractivity contribution >= 4 is 0 Å². The number of hydrogen-bond donors (Lipinski definition) is 0. The molecule has 0 atom stereocenters. The molecule has 13 heavy (non-hydrogen) atoms. The minimum atomic E-state index is -3.96. The molecule has 0 aliphatic rings. The van der Waals surface area contributed by atoms with Gasteiger partial charge in [-0.1, -0.05) is 48.0 Å². The van der Waals surface area contributed by atoms with Gasteiger partial charge in [0.1, 0.15) is 0 Å². The van der Waals surface area contributed by atoms with Crippen LogP contribution < -0.4 is 0 Å². The van der Waals surface area contributed by atoms with Crippen molar-refractivity contribution in [2.45, 2.75) is 60.6 Å². The molecule has 3 heteroatoms. The van der Waals surface area contributed by atoms with Crippen LogP contribution in [0.25, 0.3) is 0 Å². The van der Waals surface area contributed by atoms with Crippen LogP contribution in [-0.4, -0.2) is 6.18 Å². The van der Waals surface area contributed by atoms with E-state index in [0.717, 1.165) is 12.8 Å². The van der Waals surface area contributed by atoms with E-state index in [1.165, 1.54) is 6.42 Å². The molecule has 0 N–H and O–H groups in total. The summed E-state index contributed by atoms with van der Waals surface area (Å²) in [5, 5.41) is 0. The highest BCUT2D eigenvalue weighted by Crippen LogP contribution is 2.17. The molecule has 0 heterocycles. The summed E-state index contributed by atoms with van der Waals surface area (Å²) in [7, 11) is 0. The first-order valence-corrected chi connectivity index (χ1v) is 4.90. The average molecular weight is 200 g/mol. The summed E-state index contributed by atoms with van der Waals surface area (Å²) in [4.78, 5) is 0. The molecule has 0 amide bonds. The summed E-state index contributed by atoms with van der Waals surface area (Å²) in [5.74, 6) is 0.884. The largest absolute Gasteiger partial charge is 0.388 e. The highest BCUT2D eigenvalue weighted by atomic mass is 19.4. The quantitative estimate of drug-likeness (QED) is 0.556. The third-order valence-electron chi connectivity index (χ3n) is 1.22. The predicted molar refractivity (Wildman–Crippen MR) is 52.8 cm³/mol. The molecular weight excluding hydrogens is 177 g/mol. The Morgan fingerprint density at radius 3 is 1.15 bits per heavy atom. The molecule has 0 aromatic carbocycles. The smallest absolute Gasteiger partial charge is 0.171 e. The van der Waals surface area contributed by atoms with Gasteiger partial charge in [-0.05, 0) is 5.92 Å². The molecule has 0 fully saturated rings. The van der Waals surface area contributed by atoms with Gasteiger partial charge in [0, 0.05) is 6.42 Å². The first kappa shape index (κ1) is 18.5. The normalized spacial score (nSPS) is 9.69. The second-order valence-electron chi connectivity index (χ2n) is 2.77. The molecule has 0 bridgehead atoms. The summed E-state index contributed by atoms with van der Waals surface area (Å²) in [5.41, 5.74) is 0. The van der Waals surface area contributed by atoms with E-state index >= 15 is 0 Å². The van der Waals surface area contributed by atoms with Crippen molar-refractivity contribution in [2.24, 2.45) is 5.92 Å². The Morgan fingerprint density at radius 1 is 1.00 bits per heavy atom. The van der Waals surface area contributed by atoms with Crippen molar-refractivity contribution in [1.29, 1.82) is 0 Å². The monoisotopic (exact) mass is 200 g/mol. The van der Waals surface area contributed by atoms with Crippen LogP contribution in [0.1, 0.15) is 54.4 Å². The molecule has 0 radical (unpaired) electrons. The average Bonchev–Trinajstić information content (AvgIpc) is 2.08. The SMILES string of the molecule is CC.CCC(C)C.CCC(F)(F)F. The first-order valence-electron chi connectivity index (χ1n) is 4.90. The van der Waals surface area contributed by atoms with Gasteiger partial charge < -0.3 is 0 Å². The van der Waals surface area contributed by atoms with Crippen molar-refractivity contribution in [2.75, 3.05) is 0 Å². The van der Waals surface area contributed by atoms with Crippen LogP contribution in [0.3, 0.4) is 0 Å². The highest BCUT2D eigenvalue weighted by molar-refractivity contribution is 4.39. The highest BCUT2D eigenvalue weighted by Gasteiger charge is 2.22. The Bertz CT molecular complexity index is 74.7. The second kappa shape index (κ2) is 11.8. The van der Waals surface area contributed by atoms with Gasteiger partial charge in [-0.3, -0.25) is 0 Å². The summed E-state index contributed by atoms with van der Waals surface area (Å²) in [6.07, 6.45) is -3.38. The van der Waals surface area contributed by atoms with E-state index < -0.39 is 12.6 Å². The van der Waals surface area contributed by atoms with Gasteiger partial charge >= 0.3 is 6.18 Å². The lowest BCUT2D eigenvalue weighted by molar-refractivity contribution is -0.130. The van der Waals surface area contributed by atoms with Crippen LogP contribution in [0.5, 0.6) is 0 Å². The zero-order valence-corrected chi connectivity index (χ0v) is 9.63. The molecule has 0 aromatic rings. The third-order valence-corrected chi connectivity index (χ3v) is 1.22. The maximum atomic E-state index is 10.8. The van der Waals surface area contributed by atoms with Crippen molar-refractivity contribution in [3.63, 3.8) is 0 Å². The van der Waals surface area contributed by atoms with E-state index in [9.17, 15) is 13.2 Å². The van der Waals surface area contributed by atoms with Gasteiger partial charge in [-0.25, -0.2) is 0 Å². The van der Waals surface area contributed by atoms with E-state index in [1.54, 1.807) is 0 Å². The van der Waals surface area contributed by atoms with Crippen molar-refractivity contribution in [3.8, 4) is 0 Å². The molecule has 84 valence electrons. The Hall–Kier alpha value is -0.210. The summed E-state index contributed by atoms with van der Waals surface area (Å²) >= 11 is 0. The maximum absolute atomic E-state index is 10.8. The molecule has 0 spiro atoms. The zero-order chi connectivity index (χ0) is 11.5. The van der Waals surface area contributed by atoms with Gasteiger partial charge in [0.25, 0.3) is 0 Å². The molecule has 0 saturated heterocycles. The van der Waals surface area contributed by atoms with Crippen LogP contribution in [0, 0.1) is 5.92 Å². The molecule has 0 nitrogen and oxygen atoms in total. The fraction of sp³-hybridized carbons (Fsp3) is 1.00. The third kappa shape index (κ3) is 49.3. The Kier molecular flexibility index (Phi) is 16.8. The van der Waals surface area contributed by atoms with Crippen LogP contribution in [0.15, 0.2) is 0 Å². The number of halogens is 3. The van der Waals surface area contributed by atoms with Crippen LogP contribution in [-0.2, 0) is 0 Å². The van der Waals surface area contributed by atoms with Crippen LogP contribution in [0.4, 0.5) is 13.2 Å². The van der Waals surface area contributed by atoms with E-state index in [1.807, 2.05) is 13.8 Å². The Labute approximate surface area is 80.5 Å². The Morgan fingerprint density at radius 2 is 1.15 bits per heavy atom. The molecular formula is C10H23F3. The van der Waals surface area contributed by atoms with Gasteiger partial charge in [0.15, 0.2) is 0 Å². The molecule has 0 unspecified atom stereocenters. The van der Waals surface area contributed by atoms with Crippen LogP contribution in [0.2, 0.25) is 0 Å². The minimum Gasteiger partial charge on any atom is -0.171 e. The zero-order valence-electron chi connectivity index (χ0n) is 9.63. The lowest BCUT2D eigenvalue weighted by Gasteiger charge is -1.96. The second-order valence-corrected chi connectivity index (χ2v) is 2.77. The number of rotatable bonds is 1. The summed E-state index contributed by atoms with van der Waals surface area (Å²) in [6.45, 7) is 11.7. The predicted octanol–water partition coefficient (Wildman–Crippen LogP) is 5.04. The molecule has 0 saturated carbocycles. The topological polar surface area (TPSA) is 0 Å². The number of alkyl halides is 3. The molecule has 0 aliphatic heterocycles. The minimum absolute atomic E-state index is 0.729. The van der Waals surface area contributed by atoms with Gasteiger partial charge in [-0.2, -0.15) is 13.2 Å². The summed E-state index contributed by atoms with van der Waals surface area (Å²) < 4.78 is 32.4. The maximum Gasteiger partial charge on any atom is 0.388 e. The Balaban J connectivity index is -0.000000131. The standard InChI is InChI=1S/C5H12.C3H5F3.C2H6/c1-4-5(2)3;1-2-3(4,5)6;1-2/h5H,4H2,1-3H3;2H2,1H3;1-2H3. The molecule has 0 aliphatic carbocycles. The van der Waals surface area contributed by atoms with Gasteiger partial charge in [0.2, 0.25) is 0 Å². The fourth-order valence-electron chi connectivity index (χ4n) is 0. The van der Waals surface area contributed by atoms with E-state index in [4.69, 9.17) is 0 Å². The number of hydrogen-bond acceptors (Lipinski definition) is 0. The van der Waals surface area contributed by atoms with E-state index in [-0.39, 0.29) is 0 Å². The van der Waals surface area contributed by atoms with E-state index in [2.05, 4.69) is 20.8 Å². The molecule has 0 rings (SSSR count). The van der Waals surface area contributed by atoms with Crippen LogP contribution >= 0.6 is 0 Å². The lowest BCUT2D eigenvalue weighted by atomic mass is 10.2. The van der Waals surface area contributed by atoms with Crippen molar-refractivity contribution in [1.82, 2.24) is 0 Å². The fourth-order valence-corrected chi connectivity index (χ4v) is 0. The molecule has 0 aromatic heterocycles. The van der Waals surface area contributed by atoms with Gasteiger partial charge in [-0.15, -0.1) is 0 Å². The summed E-state index contributed by atoms with van der Waals surface area (Å²) in [6, 6.07) is 0. The van der Waals surface area contributed by atoms with Crippen molar-refractivity contribution in [3.05, 3.63) is 0 Å². The lowest BCUT2D eigenvalue weighted by Crippen LogP contribution is -2.02. The van der Waals surface area contributed by atoms with E-state index in [0.29, 0.717) is 0 Å². The van der Waals surface area contributed by atoms with Crippen molar-refractivity contribution < 1.29 is 13.2 Å².